The molecular formula is C31H36ClN2O4S-. The second kappa shape index (κ2) is 10.9. The molecule has 39 heavy (non-hydrogen) atoms. The van der Waals surface area contributed by atoms with Crippen molar-refractivity contribution in [2.75, 3.05) is 30.3 Å². The number of amides is 1. The van der Waals surface area contributed by atoms with E-state index in [4.69, 9.17) is 16.3 Å². The average Bonchev–Trinajstić information content (AvgIpc) is 3.03. The van der Waals surface area contributed by atoms with Crippen molar-refractivity contribution in [3.63, 3.8) is 0 Å². The van der Waals surface area contributed by atoms with Crippen LogP contribution in [0, 0.1) is 17.8 Å². The third-order valence-corrected chi connectivity index (χ3v) is 10.6. The highest BCUT2D eigenvalue weighted by Gasteiger charge is 2.44. The van der Waals surface area contributed by atoms with Crippen LogP contribution >= 0.6 is 11.6 Å². The molecule has 1 amide bonds. The van der Waals surface area contributed by atoms with E-state index in [1.807, 2.05) is 37.3 Å². The van der Waals surface area contributed by atoms with Crippen LogP contribution in [0.4, 0.5) is 5.69 Å². The summed E-state index contributed by atoms with van der Waals surface area (Å²) in [5, 5.41) is 11.8. The number of ether oxygens (including phenoxy) is 1. The van der Waals surface area contributed by atoms with Crippen molar-refractivity contribution in [1.29, 1.82) is 0 Å². The Hall–Kier alpha value is -2.35. The summed E-state index contributed by atoms with van der Waals surface area (Å²) in [7, 11) is -1.61. The molecule has 2 aromatic carbocycles. The molecule has 5 atom stereocenters. The number of nitrogens with zero attached hydrogens (tertiary/aromatic N) is 2. The Kier molecular flexibility index (Phi) is 7.51. The van der Waals surface area contributed by atoms with Gasteiger partial charge in [-0.3, -0.25) is 4.79 Å². The zero-order valence-corrected chi connectivity index (χ0v) is 23.9. The van der Waals surface area contributed by atoms with E-state index in [1.54, 1.807) is 6.07 Å². The molecule has 6 nitrogen and oxygen atoms in total. The van der Waals surface area contributed by atoms with E-state index in [0.717, 1.165) is 61.7 Å². The number of aliphatic hydroxyl groups is 1. The van der Waals surface area contributed by atoms with Gasteiger partial charge in [-0.1, -0.05) is 48.4 Å². The molecule has 0 aromatic heterocycles. The van der Waals surface area contributed by atoms with E-state index in [-0.39, 0.29) is 17.3 Å². The van der Waals surface area contributed by atoms with Gasteiger partial charge in [-0.25, -0.2) is 0 Å². The topological polar surface area (TPSA) is 79.2 Å². The fraction of sp³-hybridized carbons (Fsp3) is 0.516. The summed E-state index contributed by atoms with van der Waals surface area (Å²) in [4.78, 5) is 15.5. The number of carbonyl (C=O) groups excluding carboxylic acids is 1. The number of halogens is 1. The molecule has 1 saturated carbocycles. The van der Waals surface area contributed by atoms with Crippen LogP contribution in [0.25, 0.3) is 0 Å². The van der Waals surface area contributed by atoms with Gasteiger partial charge < -0.3 is 23.3 Å². The molecule has 1 spiro atoms. The van der Waals surface area contributed by atoms with E-state index in [1.165, 1.54) is 11.1 Å². The second-order valence-corrected chi connectivity index (χ2v) is 13.5. The summed E-state index contributed by atoms with van der Waals surface area (Å²) in [5.41, 5.74) is 3.67. The van der Waals surface area contributed by atoms with Gasteiger partial charge in [-0.15, -0.1) is 0 Å². The third-order valence-electron chi connectivity index (χ3n) is 9.14. The number of aliphatic hydroxyl groups excluding tert-OH is 1. The number of aryl methyl sites for hydroxylation is 1. The molecule has 2 bridgehead atoms. The maximum Gasteiger partial charge on any atom is 0.254 e. The largest absolute Gasteiger partial charge is 0.490 e. The van der Waals surface area contributed by atoms with Crippen molar-refractivity contribution in [1.82, 2.24) is 0 Å². The molecule has 8 heteroatoms. The zero-order valence-electron chi connectivity index (χ0n) is 22.4. The fourth-order valence-electron chi connectivity index (χ4n) is 6.89. The number of rotatable bonds is 0. The van der Waals surface area contributed by atoms with Gasteiger partial charge in [0.1, 0.15) is 5.75 Å². The molecule has 0 saturated heterocycles. The molecular weight excluding hydrogens is 532 g/mol. The van der Waals surface area contributed by atoms with Crippen molar-refractivity contribution in [2.45, 2.75) is 57.0 Å². The van der Waals surface area contributed by atoms with Gasteiger partial charge in [0.05, 0.1) is 18.4 Å². The highest BCUT2D eigenvalue weighted by molar-refractivity contribution is 7.75. The third kappa shape index (κ3) is 5.38. The maximum absolute atomic E-state index is 13.1. The van der Waals surface area contributed by atoms with Crippen LogP contribution in [-0.2, 0) is 26.6 Å². The van der Waals surface area contributed by atoms with Crippen molar-refractivity contribution in [3.8, 4) is 5.75 Å². The van der Waals surface area contributed by atoms with Crippen LogP contribution in [0.1, 0.15) is 60.5 Å². The number of benzene rings is 2. The van der Waals surface area contributed by atoms with Crippen LogP contribution in [0.5, 0.6) is 5.75 Å². The van der Waals surface area contributed by atoms with Crippen molar-refractivity contribution < 1.29 is 18.8 Å². The standard InChI is InChI=1S/C31H36ClN2O4S/c1-20-4-2-6-28(35)25-10-7-23(25)16-34-18-31(13-3-5-21-14-24(32)9-11-26(21)31)19-38-29-12-8-22(15-27(29)34)30(36)33-39(37)17-20/h2,6,8-9,11-12,14-15,20,23,25,28,35H,3-5,7,10,13,16-19H2,1H3/q-1/b6-2-/t20-,23-,25+,28-,31-/m0/s1. The first kappa shape index (κ1) is 26.9. The Bertz CT molecular complexity index is 1390. The van der Waals surface area contributed by atoms with E-state index >= 15 is 0 Å². The van der Waals surface area contributed by atoms with Crippen molar-refractivity contribution in [3.05, 3.63) is 70.3 Å². The van der Waals surface area contributed by atoms with E-state index in [2.05, 4.69) is 21.4 Å². The Morgan fingerprint density at radius 2 is 2.08 bits per heavy atom. The molecule has 2 aromatic rings. The molecule has 0 radical (unpaired) electrons. The molecule has 2 aliphatic heterocycles. The lowest BCUT2D eigenvalue weighted by molar-refractivity contribution is 0.0456. The first-order valence-electron chi connectivity index (χ1n) is 14.1. The van der Waals surface area contributed by atoms with Gasteiger partial charge in [0.2, 0.25) is 0 Å². The number of hydrogen-bond acceptors (Lipinski definition) is 6. The molecule has 2 heterocycles. The summed E-state index contributed by atoms with van der Waals surface area (Å²) in [6.07, 6.45) is 9.22. The van der Waals surface area contributed by atoms with Crippen LogP contribution in [0.3, 0.4) is 0 Å². The molecule has 0 unspecified atom stereocenters. The smallest absolute Gasteiger partial charge is 0.254 e. The Labute approximate surface area is 237 Å². The van der Waals surface area contributed by atoms with Crippen LogP contribution < -0.4 is 9.64 Å². The quantitative estimate of drug-likeness (QED) is 0.308. The highest BCUT2D eigenvalue weighted by atomic mass is 35.5. The number of hydrogen-bond donors (Lipinski definition) is 1. The Morgan fingerprint density at radius 1 is 1.21 bits per heavy atom. The van der Waals surface area contributed by atoms with Gasteiger partial charge in [-0.2, -0.15) is 10.6 Å². The fourth-order valence-corrected chi connectivity index (χ4v) is 8.07. The van der Waals surface area contributed by atoms with Gasteiger partial charge in [0.15, 0.2) is 0 Å². The number of anilines is 1. The highest BCUT2D eigenvalue weighted by Crippen LogP contribution is 2.46. The van der Waals surface area contributed by atoms with E-state index in [9.17, 15) is 14.1 Å². The van der Waals surface area contributed by atoms with Gasteiger partial charge in [-0.05, 0) is 91.8 Å². The molecule has 1 N–H and O–H groups in total. The van der Waals surface area contributed by atoms with Crippen LogP contribution in [-0.4, -0.2) is 42.6 Å². The molecule has 6 rings (SSSR count). The predicted octanol–water partition coefficient (Wildman–Crippen LogP) is 6.08. The molecule has 1 fully saturated rings. The SMILES string of the molecule is C[C@H]1C/C=C\[C@H](O)[C@@H]2CC[C@H]2CN2C[C@@]3(CCCc4cc(Cl)ccc43)COc3ccc(cc32)C(=O)N=[S-](=O)C1. The summed E-state index contributed by atoms with van der Waals surface area (Å²) < 4.78 is 23.2. The number of fused-ring (bicyclic) bond motifs is 4. The second-order valence-electron chi connectivity index (χ2n) is 11.9. The molecule has 2 aliphatic carbocycles. The van der Waals surface area contributed by atoms with Gasteiger partial charge in [0.25, 0.3) is 5.91 Å². The average molecular weight is 568 g/mol. The summed E-state index contributed by atoms with van der Waals surface area (Å²) in [6, 6.07) is 11.7. The predicted molar refractivity (Wildman–Crippen MR) is 155 cm³/mol. The summed E-state index contributed by atoms with van der Waals surface area (Å²) in [6.45, 7) is 4.06. The lowest BCUT2D eigenvalue weighted by atomic mass is 9.68. The minimum Gasteiger partial charge on any atom is -0.490 e. The lowest BCUT2D eigenvalue weighted by Crippen LogP contribution is -2.49. The molecule has 208 valence electrons. The number of carbonyl (C=O) groups is 1. The van der Waals surface area contributed by atoms with Crippen molar-refractivity contribution in [2.24, 2.45) is 22.1 Å². The van der Waals surface area contributed by atoms with Crippen LogP contribution in [0.15, 0.2) is 52.9 Å². The van der Waals surface area contributed by atoms with Gasteiger partial charge in [0, 0.05) is 29.1 Å². The van der Waals surface area contributed by atoms with Crippen LogP contribution in [0.2, 0.25) is 5.02 Å². The monoisotopic (exact) mass is 567 g/mol. The Morgan fingerprint density at radius 3 is 2.90 bits per heavy atom. The minimum atomic E-state index is -1.61. The van der Waals surface area contributed by atoms with E-state index < -0.39 is 22.6 Å². The first-order chi connectivity index (χ1) is 18.8. The molecule has 4 aliphatic rings. The first-order valence-corrected chi connectivity index (χ1v) is 15.8. The van der Waals surface area contributed by atoms with Gasteiger partial charge >= 0.3 is 0 Å². The Balaban J connectivity index is 1.43. The minimum absolute atomic E-state index is 0.0938. The van der Waals surface area contributed by atoms with Crippen molar-refractivity contribution >= 4 is 33.8 Å². The lowest BCUT2D eigenvalue weighted by Gasteiger charge is -2.45. The zero-order chi connectivity index (χ0) is 27.1. The van der Waals surface area contributed by atoms with E-state index in [0.29, 0.717) is 30.3 Å². The summed E-state index contributed by atoms with van der Waals surface area (Å²) >= 11 is 6.38. The number of allylic oxidation sites excluding steroid dienone is 1. The normalized spacial score (nSPS) is 32.2. The maximum atomic E-state index is 13.1. The summed E-state index contributed by atoms with van der Waals surface area (Å²) in [5.74, 6) is 1.22.